The van der Waals surface area contributed by atoms with Crippen LogP contribution in [0.25, 0.3) is 0 Å². The molecule has 7 heteroatoms. The van der Waals surface area contributed by atoms with Gasteiger partial charge in [0.25, 0.3) is 0 Å². The van der Waals surface area contributed by atoms with E-state index >= 15 is 0 Å². The summed E-state index contributed by atoms with van der Waals surface area (Å²) in [6.45, 7) is 2.21. The van der Waals surface area contributed by atoms with Crippen LogP contribution in [0.1, 0.15) is 29.3 Å². The summed E-state index contributed by atoms with van der Waals surface area (Å²) in [5.74, 6) is -1.72. The number of ether oxygens (including phenoxy) is 1. The number of carbonyl (C=O) groups excluding carboxylic acids is 3. The SMILES string of the molecule is CCOC(=O)c1ccc(NC(=O)CC(=O)NCc2ccc(F)cc2)cc1. The third-order valence-corrected chi connectivity index (χ3v) is 3.40. The maximum atomic E-state index is 12.8. The summed E-state index contributed by atoms with van der Waals surface area (Å²) in [6, 6.07) is 11.9. The molecule has 0 bridgehead atoms. The van der Waals surface area contributed by atoms with Crippen molar-refractivity contribution in [1.82, 2.24) is 5.32 Å². The van der Waals surface area contributed by atoms with Crippen molar-refractivity contribution in [3.05, 3.63) is 65.5 Å². The molecule has 2 amide bonds. The van der Waals surface area contributed by atoms with E-state index in [2.05, 4.69) is 10.6 Å². The minimum Gasteiger partial charge on any atom is -0.462 e. The van der Waals surface area contributed by atoms with Gasteiger partial charge in [0.1, 0.15) is 12.2 Å². The predicted octanol–water partition coefficient (Wildman–Crippen LogP) is 2.65. The first-order chi connectivity index (χ1) is 12.5. The number of rotatable bonds is 7. The Kier molecular flexibility index (Phi) is 6.84. The average Bonchev–Trinajstić information content (AvgIpc) is 2.62. The lowest BCUT2D eigenvalue weighted by molar-refractivity contribution is -0.126. The first kappa shape index (κ1) is 19.1. The van der Waals surface area contributed by atoms with Gasteiger partial charge in [0.05, 0.1) is 12.2 Å². The molecular formula is C19H19FN2O4. The molecule has 2 N–H and O–H groups in total. The van der Waals surface area contributed by atoms with Crippen LogP contribution < -0.4 is 10.6 Å². The molecule has 136 valence electrons. The predicted molar refractivity (Wildman–Crippen MR) is 93.9 cm³/mol. The largest absolute Gasteiger partial charge is 0.462 e. The van der Waals surface area contributed by atoms with Crippen molar-refractivity contribution < 1.29 is 23.5 Å². The van der Waals surface area contributed by atoms with Crippen LogP contribution in [0, 0.1) is 5.82 Å². The first-order valence-corrected chi connectivity index (χ1v) is 8.06. The molecule has 26 heavy (non-hydrogen) atoms. The summed E-state index contributed by atoms with van der Waals surface area (Å²) < 4.78 is 17.7. The summed E-state index contributed by atoms with van der Waals surface area (Å²) in [4.78, 5) is 35.2. The highest BCUT2D eigenvalue weighted by Gasteiger charge is 2.11. The zero-order chi connectivity index (χ0) is 18.9. The van der Waals surface area contributed by atoms with Gasteiger partial charge in [-0.3, -0.25) is 9.59 Å². The lowest BCUT2D eigenvalue weighted by Gasteiger charge is -2.08. The molecule has 0 aliphatic rings. The highest BCUT2D eigenvalue weighted by molar-refractivity contribution is 6.03. The summed E-state index contributed by atoms with van der Waals surface area (Å²) in [5, 5.41) is 5.16. The minimum atomic E-state index is -0.481. The zero-order valence-electron chi connectivity index (χ0n) is 14.3. The number of hydrogen-bond acceptors (Lipinski definition) is 4. The van der Waals surface area contributed by atoms with Crippen molar-refractivity contribution >= 4 is 23.5 Å². The van der Waals surface area contributed by atoms with Gasteiger partial charge in [0, 0.05) is 12.2 Å². The van der Waals surface area contributed by atoms with Crippen LogP contribution in [0.15, 0.2) is 48.5 Å². The quantitative estimate of drug-likeness (QED) is 0.589. The highest BCUT2D eigenvalue weighted by atomic mass is 19.1. The van der Waals surface area contributed by atoms with Gasteiger partial charge in [-0.05, 0) is 48.9 Å². The Morgan fingerprint density at radius 1 is 0.962 bits per heavy atom. The zero-order valence-corrected chi connectivity index (χ0v) is 14.3. The van der Waals surface area contributed by atoms with E-state index in [9.17, 15) is 18.8 Å². The van der Waals surface area contributed by atoms with Crippen molar-refractivity contribution in [2.45, 2.75) is 19.9 Å². The Morgan fingerprint density at radius 2 is 1.62 bits per heavy atom. The number of esters is 1. The molecule has 0 heterocycles. The molecule has 2 rings (SSSR count). The van der Waals surface area contributed by atoms with Crippen LogP contribution in [0.2, 0.25) is 0 Å². The van der Waals surface area contributed by atoms with Crippen molar-refractivity contribution in [1.29, 1.82) is 0 Å². The normalized spacial score (nSPS) is 10.1. The maximum absolute atomic E-state index is 12.8. The van der Waals surface area contributed by atoms with Gasteiger partial charge in [0.15, 0.2) is 0 Å². The van der Waals surface area contributed by atoms with Gasteiger partial charge in [-0.15, -0.1) is 0 Å². The van der Waals surface area contributed by atoms with Gasteiger partial charge in [-0.2, -0.15) is 0 Å². The summed E-state index contributed by atoms with van der Waals surface area (Å²) >= 11 is 0. The molecule has 0 saturated carbocycles. The molecule has 0 fully saturated rings. The van der Waals surface area contributed by atoms with Crippen molar-refractivity contribution in [3.63, 3.8) is 0 Å². The fourth-order valence-electron chi connectivity index (χ4n) is 2.12. The molecule has 0 aromatic heterocycles. The Morgan fingerprint density at radius 3 is 2.23 bits per heavy atom. The third kappa shape index (κ3) is 6.01. The Hall–Kier alpha value is -3.22. The van der Waals surface area contributed by atoms with Crippen molar-refractivity contribution in [2.24, 2.45) is 0 Å². The molecule has 6 nitrogen and oxygen atoms in total. The molecule has 0 radical (unpaired) electrons. The van der Waals surface area contributed by atoms with E-state index in [0.717, 1.165) is 5.56 Å². The van der Waals surface area contributed by atoms with E-state index in [1.807, 2.05) is 0 Å². The van der Waals surface area contributed by atoms with E-state index in [1.165, 1.54) is 24.3 Å². The minimum absolute atomic E-state index is 0.209. The smallest absolute Gasteiger partial charge is 0.338 e. The van der Waals surface area contributed by atoms with Gasteiger partial charge in [-0.25, -0.2) is 9.18 Å². The van der Waals surface area contributed by atoms with E-state index in [4.69, 9.17) is 4.74 Å². The second kappa shape index (κ2) is 9.31. The van der Waals surface area contributed by atoms with E-state index < -0.39 is 17.8 Å². The van der Waals surface area contributed by atoms with Gasteiger partial charge < -0.3 is 15.4 Å². The van der Waals surface area contributed by atoms with Crippen LogP contribution in [-0.4, -0.2) is 24.4 Å². The van der Waals surface area contributed by atoms with Crippen molar-refractivity contribution in [3.8, 4) is 0 Å². The van der Waals surface area contributed by atoms with Crippen LogP contribution in [-0.2, 0) is 20.9 Å². The number of benzene rings is 2. The molecule has 0 aliphatic carbocycles. The Labute approximate surface area is 150 Å². The summed E-state index contributed by atoms with van der Waals surface area (Å²) in [6.07, 6.45) is -0.346. The topological polar surface area (TPSA) is 84.5 Å². The van der Waals surface area contributed by atoms with Gasteiger partial charge in [-0.1, -0.05) is 12.1 Å². The Bertz CT molecular complexity index is 773. The van der Waals surface area contributed by atoms with Crippen LogP contribution in [0.4, 0.5) is 10.1 Å². The first-order valence-electron chi connectivity index (χ1n) is 8.06. The number of anilines is 1. The lowest BCUT2D eigenvalue weighted by Crippen LogP contribution is -2.27. The van der Waals surface area contributed by atoms with Crippen molar-refractivity contribution in [2.75, 3.05) is 11.9 Å². The highest BCUT2D eigenvalue weighted by Crippen LogP contribution is 2.11. The second-order valence-electron chi connectivity index (χ2n) is 5.43. The average molecular weight is 358 g/mol. The molecule has 0 spiro atoms. The second-order valence-corrected chi connectivity index (χ2v) is 5.43. The molecular weight excluding hydrogens is 339 g/mol. The molecule has 0 aliphatic heterocycles. The number of halogens is 1. The Balaban J connectivity index is 1.79. The number of nitrogens with one attached hydrogen (secondary N) is 2. The summed E-state index contributed by atoms with van der Waals surface area (Å²) in [5.41, 5.74) is 1.57. The number of amides is 2. The summed E-state index contributed by atoms with van der Waals surface area (Å²) in [7, 11) is 0. The molecule has 2 aromatic rings. The molecule has 0 atom stereocenters. The fraction of sp³-hybridized carbons (Fsp3) is 0.211. The van der Waals surface area contributed by atoms with Crippen LogP contribution in [0.3, 0.4) is 0 Å². The van der Waals surface area contributed by atoms with E-state index in [-0.39, 0.29) is 25.4 Å². The molecule has 2 aromatic carbocycles. The van der Waals surface area contributed by atoms with E-state index in [1.54, 1.807) is 31.2 Å². The number of hydrogen-bond donors (Lipinski definition) is 2. The molecule has 0 unspecified atom stereocenters. The molecule has 0 saturated heterocycles. The number of carbonyl (C=O) groups is 3. The van der Waals surface area contributed by atoms with Crippen LogP contribution in [0.5, 0.6) is 0 Å². The van der Waals surface area contributed by atoms with Crippen LogP contribution >= 0.6 is 0 Å². The lowest BCUT2D eigenvalue weighted by atomic mass is 10.2. The standard InChI is InChI=1S/C19H19FN2O4/c1-2-26-19(25)14-5-9-16(10-6-14)22-18(24)11-17(23)21-12-13-3-7-15(20)8-4-13/h3-10H,2,11-12H2,1H3,(H,21,23)(H,22,24). The van der Waals surface area contributed by atoms with Gasteiger partial charge >= 0.3 is 5.97 Å². The fourth-order valence-corrected chi connectivity index (χ4v) is 2.12. The monoisotopic (exact) mass is 358 g/mol. The van der Waals surface area contributed by atoms with E-state index in [0.29, 0.717) is 11.3 Å². The third-order valence-electron chi connectivity index (χ3n) is 3.40. The maximum Gasteiger partial charge on any atom is 0.338 e. The van der Waals surface area contributed by atoms with Gasteiger partial charge in [0.2, 0.25) is 11.8 Å².